The molecule has 0 aliphatic carbocycles. The predicted octanol–water partition coefficient (Wildman–Crippen LogP) is 4.85. The number of ether oxygens (including phenoxy) is 1. The van der Waals surface area contributed by atoms with Crippen molar-refractivity contribution in [3.05, 3.63) is 61.6 Å². The Morgan fingerprint density at radius 2 is 2.00 bits per heavy atom. The van der Waals surface area contributed by atoms with Crippen LogP contribution in [0.5, 0.6) is 5.75 Å². The number of rotatable bonds is 8. The van der Waals surface area contributed by atoms with Crippen LogP contribution in [-0.4, -0.2) is 51.6 Å². The molecule has 8 nitrogen and oxygen atoms in total. The van der Waals surface area contributed by atoms with Crippen LogP contribution in [0.25, 0.3) is 21.8 Å². The van der Waals surface area contributed by atoms with E-state index in [0.29, 0.717) is 23.9 Å². The molecule has 180 valence electrons. The molecule has 4 aromatic rings. The van der Waals surface area contributed by atoms with Crippen molar-refractivity contribution in [2.45, 2.75) is 19.3 Å². The zero-order chi connectivity index (χ0) is 24.2. The first kappa shape index (κ1) is 22.9. The molecule has 1 fully saturated rings. The lowest BCUT2D eigenvalue weighted by molar-refractivity contribution is -0.111. The van der Waals surface area contributed by atoms with E-state index in [9.17, 15) is 4.79 Å². The number of anilines is 3. The van der Waals surface area contributed by atoms with Gasteiger partial charge in [-0.2, -0.15) is 0 Å². The minimum atomic E-state index is -0.300. The van der Waals surface area contributed by atoms with Gasteiger partial charge in [0.15, 0.2) is 0 Å². The van der Waals surface area contributed by atoms with Gasteiger partial charge >= 0.3 is 0 Å². The van der Waals surface area contributed by atoms with Crippen molar-refractivity contribution < 1.29 is 9.53 Å². The van der Waals surface area contributed by atoms with Gasteiger partial charge in [-0.3, -0.25) is 9.69 Å². The number of hydrogen-bond donors (Lipinski definition) is 2. The number of carbonyl (C=O) groups excluding carboxylic acids is 1. The first-order chi connectivity index (χ1) is 17.1. The third-order valence-corrected chi connectivity index (χ3v) is 6.44. The first-order valence-corrected chi connectivity index (χ1v) is 12.0. The Bertz CT molecular complexity index is 1370. The van der Waals surface area contributed by atoms with Crippen molar-refractivity contribution in [2.75, 3.05) is 36.9 Å². The fourth-order valence-corrected chi connectivity index (χ4v) is 4.53. The van der Waals surface area contributed by atoms with E-state index in [0.717, 1.165) is 41.7 Å². The lowest BCUT2D eigenvalue weighted by atomic mass is 10.1. The van der Waals surface area contributed by atoms with Gasteiger partial charge in [-0.25, -0.2) is 9.97 Å². The highest BCUT2D eigenvalue weighted by molar-refractivity contribution is 6.03. The number of fused-ring (bicyclic) bond motifs is 2. The van der Waals surface area contributed by atoms with E-state index in [2.05, 4.69) is 54.8 Å². The van der Waals surface area contributed by atoms with Gasteiger partial charge in [0, 0.05) is 42.4 Å². The second-order valence-corrected chi connectivity index (χ2v) is 8.86. The average molecular weight is 471 g/mol. The lowest BCUT2D eigenvalue weighted by Crippen LogP contribution is -2.33. The molecular weight excluding hydrogens is 440 g/mol. The SMILES string of the molecule is C=CC(=O)Nc1cc2c(Nc3ccc4ccn(C)c4c3)ncnc2cc1OCCN1CCCCC1. The van der Waals surface area contributed by atoms with Gasteiger partial charge in [-0.15, -0.1) is 0 Å². The van der Waals surface area contributed by atoms with Crippen molar-refractivity contribution in [3.63, 3.8) is 0 Å². The molecule has 0 atom stereocenters. The van der Waals surface area contributed by atoms with Crippen LogP contribution < -0.4 is 15.4 Å². The van der Waals surface area contributed by atoms with Crippen LogP contribution in [0.15, 0.2) is 61.6 Å². The summed E-state index contributed by atoms with van der Waals surface area (Å²) >= 11 is 0. The maximum Gasteiger partial charge on any atom is 0.247 e. The van der Waals surface area contributed by atoms with Gasteiger partial charge in [0.05, 0.1) is 11.2 Å². The number of aromatic nitrogens is 3. The van der Waals surface area contributed by atoms with Gasteiger partial charge < -0.3 is 19.9 Å². The van der Waals surface area contributed by atoms with Gasteiger partial charge in [0.2, 0.25) is 5.91 Å². The summed E-state index contributed by atoms with van der Waals surface area (Å²) in [6.45, 7) is 7.18. The van der Waals surface area contributed by atoms with E-state index >= 15 is 0 Å². The van der Waals surface area contributed by atoms with Crippen LogP contribution in [0.3, 0.4) is 0 Å². The minimum Gasteiger partial charge on any atom is -0.490 e. The molecule has 35 heavy (non-hydrogen) atoms. The topological polar surface area (TPSA) is 84.3 Å². The molecule has 0 radical (unpaired) electrons. The van der Waals surface area contributed by atoms with Gasteiger partial charge in [0.25, 0.3) is 0 Å². The summed E-state index contributed by atoms with van der Waals surface area (Å²) in [5.41, 5.74) is 3.33. The highest BCUT2D eigenvalue weighted by atomic mass is 16.5. The Morgan fingerprint density at radius 3 is 2.83 bits per heavy atom. The van der Waals surface area contributed by atoms with Crippen molar-refractivity contribution in [1.82, 2.24) is 19.4 Å². The molecule has 3 heterocycles. The number of piperidine rings is 1. The van der Waals surface area contributed by atoms with Crippen LogP contribution >= 0.6 is 0 Å². The summed E-state index contributed by atoms with van der Waals surface area (Å²) in [6.07, 6.45) is 8.59. The van der Waals surface area contributed by atoms with E-state index in [-0.39, 0.29) is 5.91 Å². The van der Waals surface area contributed by atoms with Gasteiger partial charge in [0.1, 0.15) is 24.5 Å². The molecule has 0 spiro atoms. The fourth-order valence-electron chi connectivity index (χ4n) is 4.53. The largest absolute Gasteiger partial charge is 0.490 e. The van der Waals surface area contributed by atoms with Crippen molar-refractivity contribution in [1.29, 1.82) is 0 Å². The first-order valence-electron chi connectivity index (χ1n) is 12.0. The summed E-state index contributed by atoms with van der Waals surface area (Å²) in [7, 11) is 2.02. The number of hydrogen-bond acceptors (Lipinski definition) is 6. The van der Waals surface area contributed by atoms with E-state index in [1.165, 1.54) is 37.1 Å². The maximum absolute atomic E-state index is 12.2. The molecule has 1 aliphatic rings. The Labute approximate surface area is 204 Å². The molecule has 2 N–H and O–H groups in total. The molecule has 1 amide bonds. The monoisotopic (exact) mass is 470 g/mol. The molecule has 8 heteroatoms. The Morgan fingerprint density at radius 1 is 1.14 bits per heavy atom. The Hall–Kier alpha value is -3.91. The smallest absolute Gasteiger partial charge is 0.247 e. The molecule has 0 bridgehead atoms. The summed E-state index contributed by atoms with van der Waals surface area (Å²) in [5.74, 6) is 0.933. The summed E-state index contributed by atoms with van der Waals surface area (Å²) in [5, 5.41) is 8.24. The zero-order valence-corrected chi connectivity index (χ0v) is 20.0. The minimum absolute atomic E-state index is 0.300. The van der Waals surface area contributed by atoms with Gasteiger partial charge in [-0.1, -0.05) is 19.1 Å². The summed E-state index contributed by atoms with van der Waals surface area (Å²) in [6, 6.07) is 12.0. The zero-order valence-electron chi connectivity index (χ0n) is 20.0. The highest BCUT2D eigenvalue weighted by Gasteiger charge is 2.15. The Balaban J connectivity index is 1.43. The van der Waals surface area contributed by atoms with Crippen molar-refractivity contribution in [3.8, 4) is 5.75 Å². The third-order valence-electron chi connectivity index (χ3n) is 6.44. The highest BCUT2D eigenvalue weighted by Crippen LogP contribution is 2.34. The number of nitrogens with zero attached hydrogens (tertiary/aromatic N) is 4. The van der Waals surface area contributed by atoms with Crippen LogP contribution in [0, 0.1) is 0 Å². The second-order valence-electron chi connectivity index (χ2n) is 8.86. The second kappa shape index (κ2) is 10.1. The predicted molar refractivity (Wildman–Crippen MR) is 140 cm³/mol. The standard InChI is InChI=1S/C27H30N6O2/c1-3-26(34)31-23-16-21-22(17-25(23)35-14-13-33-10-5-4-6-11-33)28-18-29-27(21)30-20-8-7-19-9-12-32(2)24(19)15-20/h3,7-9,12,15-18H,1,4-6,10-11,13-14H2,2H3,(H,31,34)(H,28,29,30). The molecule has 1 aliphatic heterocycles. The molecule has 2 aromatic carbocycles. The molecule has 0 saturated carbocycles. The van der Waals surface area contributed by atoms with Crippen LogP contribution in [-0.2, 0) is 11.8 Å². The average Bonchev–Trinajstić information content (AvgIpc) is 3.25. The molecule has 1 saturated heterocycles. The Kier molecular flexibility index (Phi) is 6.63. The maximum atomic E-state index is 12.2. The number of amides is 1. The molecule has 2 aromatic heterocycles. The summed E-state index contributed by atoms with van der Waals surface area (Å²) < 4.78 is 8.21. The number of carbonyl (C=O) groups is 1. The quantitative estimate of drug-likeness (QED) is 0.358. The van der Waals surface area contributed by atoms with E-state index in [4.69, 9.17) is 4.74 Å². The molecule has 5 rings (SSSR count). The van der Waals surface area contributed by atoms with E-state index in [1.807, 2.05) is 31.4 Å². The number of aryl methyl sites for hydroxylation is 1. The van der Waals surface area contributed by atoms with Crippen molar-refractivity contribution in [2.24, 2.45) is 7.05 Å². The number of likely N-dealkylation sites (tertiary alicyclic amines) is 1. The third kappa shape index (κ3) is 5.12. The number of benzene rings is 2. The lowest BCUT2D eigenvalue weighted by Gasteiger charge is -2.26. The molecular formula is C27H30N6O2. The number of nitrogens with one attached hydrogen (secondary N) is 2. The van der Waals surface area contributed by atoms with Gasteiger partial charge in [-0.05, 0) is 61.7 Å². The normalized spacial score (nSPS) is 14.2. The van der Waals surface area contributed by atoms with Crippen molar-refractivity contribution >= 4 is 44.9 Å². The van der Waals surface area contributed by atoms with E-state index in [1.54, 1.807) is 0 Å². The molecule has 0 unspecified atom stereocenters. The van der Waals surface area contributed by atoms with Crippen LogP contribution in [0.2, 0.25) is 0 Å². The fraction of sp³-hybridized carbons (Fsp3) is 0.296. The summed E-state index contributed by atoms with van der Waals surface area (Å²) in [4.78, 5) is 23.5. The van der Waals surface area contributed by atoms with Crippen LogP contribution in [0.1, 0.15) is 19.3 Å². The van der Waals surface area contributed by atoms with E-state index < -0.39 is 0 Å². The van der Waals surface area contributed by atoms with Crippen LogP contribution in [0.4, 0.5) is 17.2 Å².